The van der Waals surface area contributed by atoms with Gasteiger partial charge in [-0.3, -0.25) is 4.79 Å². The maximum Gasteiger partial charge on any atom is 0.307 e. The van der Waals surface area contributed by atoms with Crippen molar-refractivity contribution in [2.75, 3.05) is 0 Å². The molecule has 1 rings (SSSR count). The molecule has 0 amide bonds. The SMILES string of the molecule is O=C(O)Cc1cc[c]cc1Br. The Balaban J connectivity index is 2.86. The molecule has 3 heteroatoms. The van der Waals surface area contributed by atoms with E-state index in [1.807, 2.05) is 0 Å². The van der Waals surface area contributed by atoms with Gasteiger partial charge in [0.15, 0.2) is 0 Å². The summed E-state index contributed by atoms with van der Waals surface area (Å²) < 4.78 is 0.794. The van der Waals surface area contributed by atoms with Gasteiger partial charge in [-0.25, -0.2) is 0 Å². The molecular weight excluding hydrogens is 208 g/mol. The van der Waals surface area contributed by atoms with Crippen LogP contribution in [0.25, 0.3) is 0 Å². The summed E-state index contributed by atoms with van der Waals surface area (Å²) in [5, 5.41) is 8.46. The van der Waals surface area contributed by atoms with Crippen molar-refractivity contribution in [1.82, 2.24) is 0 Å². The average molecular weight is 214 g/mol. The molecule has 2 nitrogen and oxygen atoms in total. The number of carbonyl (C=O) groups is 1. The van der Waals surface area contributed by atoms with E-state index >= 15 is 0 Å². The largest absolute Gasteiger partial charge is 0.481 e. The minimum atomic E-state index is -0.822. The van der Waals surface area contributed by atoms with Gasteiger partial charge in [-0.05, 0) is 17.7 Å². The fourth-order valence-electron chi connectivity index (χ4n) is 0.749. The van der Waals surface area contributed by atoms with Gasteiger partial charge in [-0.1, -0.05) is 28.1 Å². The van der Waals surface area contributed by atoms with Gasteiger partial charge in [0, 0.05) is 4.47 Å². The molecule has 0 unspecified atom stereocenters. The fourth-order valence-corrected chi connectivity index (χ4v) is 1.15. The van der Waals surface area contributed by atoms with Crippen LogP contribution >= 0.6 is 15.9 Å². The summed E-state index contributed by atoms with van der Waals surface area (Å²) in [7, 11) is 0. The second-order valence-electron chi connectivity index (χ2n) is 2.09. The third-order valence-electron chi connectivity index (χ3n) is 1.24. The minimum absolute atomic E-state index is 0.0509. The lowest BCUT2D eigenvalue weighted by molar-refractivity contribution is -0.136. The van der Waals surface area contributed by atoms with Crippen molar-refractivity contribution in [3.8, 4) is 0 Å². The predicted molar refractivity (Wildman–Crippen MR) is 44.3 cm³/mol. The lowest BCUT2D eigenvalue weighted by Gasteiger charge is -1.97. The summed E-state index contributed by atoms with van der Waals surface area (Å²) in [6, 6.07) is 7.97. The highest BCUT2D eigenvalue weighted by molar-refractivity contribution is 9.10. The number of hydrogen-bond acceptors (Lipinski definition) is 1. The van der Waals surface area contributed by atoms with E-state index in [1.54, 1.807) is 18.2 Å². The molecule has 1 aromatic rings. The third kappa shape index (κ3) is 2.35. The Kier molecular flexibility index (Phi) is 2.65. The lowest BCUT2D eigenvalue weighted by atomic mass is 10.2. The molecule has 1 aromatic carbocycles. The smallest absolute Gasteiger partial charge is 0.307 e. The van der Waals surface area contributed by atoms with E-state index in [4.69, 9.17) is 5.11 Å². The predicted octanol–water partition coefficient (Wildman–Crippen LogP) is 1.88. The van der Waals surface area contributed by atoms with Gasteiger partial charge >= 0.3 is 5.97 Å². The van der Waals surface area contributed by atoms with Gasteiger partial charge in [0.1, 0.15) is 0 Å². The van der Waals surface area contributed by atoms with Crippen molar-refractivity contribution in [2.24, 2.45) is 0 Å². The molecule has 0 fully saturated rings. The van der Waals surface area contributed by atoms with Crippen molar-refractivity contribution < 1.29 is 9.90 Å². The molecule has 11 heavy (non-hydrogen) atoms. The molecule has 0 atom stereocenters. The van der Waals surface area contributed by atoms with E-state index in [0.29, 0.717) is 0 Å². The number of halogens is 1. The van der Waals surface area contributed by atoms with Crippen LogP contribution in [0.5, 0.6) is 0 Å². The first-order valence-electron chi connectivity index (χ1n) is 3.06. The summed E-state index contributed by atoms with van der Waals surface area (Å²) in [4.78, 5) is 10.3. The third-order valence-corrected chi connectivity index (χ3v) is 1.98. The number of carboxylic acids is 1. The summed E-state index contributed by atoms with van der Waals surface area (Å²) in [5.41, 5.74) is 0.774. The van der Waals surface area contributed by atoms with Crippen LogP contribution < -0.4 is 0 Å². The molecule has 0 aromatic heterocycles. The fraction of sp³-hybridized carbons (Fsp3) is 0.125. The molecule has 0 heterocycles. The molecule has 0 saturated heterocycles. The minimum Gasteiger partial charge on any atom is -0.481 e. The number of benzene rings is 1. The van der Waals surface area contributed by atoms with Crippen LogP contribution in [-0.4, -0.2) is 11.1 Å². The topological polar surface area (TPSA) is 37.3 Å². The molecule has 0 aliphatic heterocycles. The summed E-state index contributed by atoms with van der Waals surface area (Å²) in [6.45, 7) is 0. The molecule has 0 spiro atoms. The first-order chi connectivity index (χ1) is 5.20. The Bertz CT molecular complexity index is 271. The second kappa shape index (κ2) is 3.53. The highest BCUT2D eigenvalue weighted by atomic mass is 79.9. The zero-order valence-electron chi connectivity index (χ0n) is 5.67. The van der Waals surface area contributed by atoms with Crippen LogP contribution in [0.2, 0.25) is 0 Å². The Hall–Kier alpha value is -0.830. The maximum atomic E-state index is 10.3. The quantitative estimate of drug-likeness (QED) is 0.815. The second-order valence-corrected chi connectivity index (χ2v) is 2.94. The van der Waals surface area contributed by atoms with Crippen LogP contribution in [0.15, 0.2) is 22.7 Å². The van der Waals surface area contributed by atoms with Crippen LogP contribution in [0.4, 0.5) is 0 Å². The zero-order chi connectivity index (χ0) is 8.27. The van der Waals surface area contributed by atoms with E-state index in [2.05, 4.69) is 22.0 Å². The van der Waals surface area contributed by atoms with Crippen LogP contribution in [-0.2, 0) is 11.2 Å². The molecular formula is C8H6BrO2. The number of aliphatic carboxylic acids is 1. The van der Waals surface area contributed by atoms with Crippen molar-refractivity contribution in [3.05, 3.63) is 34.3 Å². The first-order valence-corrected chi connectivity index (χ1v) is 3.85. The van der Waals surface area contributed by atoms with Gasteiger partial charge in [0.2, 0.25) is 0 Å². The van der Waals surface area contributed by atoms with Crippen molar-refractivity contribution in [1.29, 1.82) is 0 Å². The molecule has 1 N–H and O–H groups in total. The van der Waals surface area contributed by atoms with Crippen LogP contribution in [0.3, 0.4) is 0 Å². The molecule has 0 bridgehead atoms. The Labute approximate surface area is 73.0 Å². The Morgan fingerprint density at radius 1 is 1.73 bits per heavy atom. The van der Waals surface area contributed by atoms with Gasteiger partial charge in [0.05, 0.1) is 6.42 Å². The van der Waals surface area contributed by atoms with Crippen molar-refractivity contribution >= 4 is 21.9 Å². The number of carboxylic acid groups (broad SMARTS) is 1. The van der Waals surface area contributed by atoms with Gasteiger partial charge < -0.3 is 5.11 Å². The Morgan fingerprint density at radius 2 is 2.45 bits per heavy atom. The van der Waals surface area contributed by atoms with Crippen molar-refractivity contribution in [3.63, 3.8) is 0 Å². The van der Waals surface area contributed by atoms with Crippen LogP contribution in [0.1, 0.15) is 5.56 Å². The molecule has 0 saturated carbocycles. The van der Waals surface area contributed by atoms with Gasteiger partial charge in [-0.2, -0.15) is 0 Å². The summed E-state index contributed by atoms with van der Waals surface area (Å²) in [5.74, 6) is -0.822. The van der Waals surface area contributed by atoms with Gasteiger partial charge in [-0.15, -0.1) is 0 Å². The van der Waals surface area contributed by atoms with Crippen molar-refractivity contribution in [2.45, 2.75) is 6.42 Å². The molecule has 0 aliphatic carbocycles. The van der Waals surface area contributed by atoms with E-state index < -0.39 is 5.97 Å². The maximum absolute atomic E-state index is 10.3. The lowest BCUT2D eigenvalue weighted by Crippen LogP contribution is -2.00. The van der Waals surface area contributed by atoms with E-state index in [0.717, 1.165) is 10.0 Å². The Morgan fingerprint density at radius 3 is 3.00 bits per heavy atom. The molecule has 57 valence electrons. The highest BCUT2D eigenvalue weighted by Crippen LogP contribution is 2.15. The number of rotatable bonds is 2. The monoisotopic (exact) mass is 213 g/mol. The summed E-state index contributed by atoms with van der Waals surface area (Å²) in [6.07, 6.45) is 0.0509. The van der Waals surface area contributed by atoms with E-state index in [-0.39, 0.29) is 6.42 Å². The van der Waals surface area contributed by atoms with Crippen LogP contribution in [0, 0.1) is 6.07 Å². The van der Waals surface area contributed by atoms with Gasteiger partial charge in [0.25, 0.3) is 0 Å². The average Bonchev–Trinajstić information content (AvgIpc) is 1.93. The molecule has 0 aliphatic rings. The summed E-state index contributed by atoms with van der Waals surface area (Å²) >= 11 is 3.23. The normalized spacial score (nSPS) is 9.55. The highest BCUT2D eigenvalue weighted by Gasteiger charge is 2.02. The zero-order valence-corrected chi connectivity index (χ0v) is 7.26. The standard InChI is InChI=1S/C8H6BrO2/c9-7-4-2-1-3-6(7)5-8(10)11/h1,3-4H,5H2,(H,10,11). The van der Waals surface area contributed by atoms with E-state index in [9.17, 15) is 4.79 Å². The van der Waals surface area contributed by atoms with E-state index in [1.165, 1.54) is 0 Å². The first kappa shape index (κ1) is 8.27. The number of hydrogen-bond donors (Lipinski definition) is 1. The molecule has 1 radical (unpaired) electrons.